The number of halogens is 3. The lowest BCUT2D eigenvalue weighted by atomic mass is 10.3. The summed E-state index contributed by atoms with van der Waals surface area (Å²) < 4.78 is 38.3. The van der Waals surface area contributed by atoms with Crippen molar-refractivity contribution in [2.45, 2.75) is 12.6 Å². The van der Waals surface area contributed by atoms with E-state index in [1.807, 2.05) is 0 Å². The van der Waals surface area contributed by atoms with Gasteiger partial charge in [0.2, 0.25) is 0 Å². The third kappa shape index (κ3) is 1.77. The summed E-state index contributed by atoms with van der Waals surface area (Å²) in [4.78, 5) is 11.3. The molecule has 2 heterocycles. The van der Waals surface area contributed by atoms with E-state index in [1.54, 1.807) is 7.05 Å². The van der Waals surface area contributed by atoms with E-state index in [-0.39, 0.29) is 5.82 Å². The molecule has 0 unspecified atom stereocenters. The molecule has 86 valence electrons. The summed E-state index contributed by atoms with van der Waals surface area (Å²) in [6.45, 7) is 0. The summed E-state index contributed by atoms with van der Waals surface area (Å²) in [6.07, 6.45) is -3.79. The first-order valence-corrected chi connectivity index (χ1v) is 4.35. The second-order valence-corrected chi connectivity index (χ2v) is 3.27. The Morgan fingerprint density at radius 1 is 1.44 bits per heavy atom. The monoisotopic (exact) mass is 232 g/mol. The van der Waals surface area contributed by atoms with Crippen LogP contribution in [0.5, 0.6) is 0 Å². The summed E-state index contributed by atoms with van der Waals surface area (Å²) in [5.41, 5.74) is -1.09. The van der Waals surface area contributed by atoms with Crippen molar-refractivity contribution in [3.05, 3.63) is 12.3 Å². The number of amides is 1. The van der Waals surface area contributed by atoms with Crippen LogP contribution in [0.3, 0.4) is 0 Å². The van der Waals surface area contributed by atoms with Crippen molar-refractivity contribution in [3.63, 3.8) is 0 Å². The van der Waals surface area contributed by atoms with Crippen LogP contribution in [0.25, 0.3) is 0 Å². The maximum atomic E-state index is 12.3. The van der Waals surface area contributed by atoms with Crippen LogP contribution in [0.15, 0.2) is 17.4 Å². The van der Waals surface area contributed by atoms with Crippen LogP contribution in [-0.4, -0.2) is 27.6 Å². The highest BCUT2D eigenvalue weighted by atomic mass is 19.4. The molecule has 5 nitrogen and oxygen atoms in total. The lowest BCUT2D eigenvalue weighted by Gasteiger charge is -2.06. The number of anilines is 1. The van der Waals surface area contributed by atoms with Crippen molar-refractivity contribution >= 4 is 17.4 Å². The van der Waals surface area contributed by atoms with Gasteiger partial charge in [-0.3, -0.25) is 9.48 Å². The van der Waals surface area contributed by atoms with Crippen LogP contribution in [0.2, 0.25) is 0 Å². The van der Waals surface area contributed by atoms with E-state index in [0.29, 0.717) is 5.01 Å². The lowest BCUT2D eigenvalue weighted by molar-refractivity contribution is -0.117. The number of hydrogen-bond acceptors (Lipinski definition) is 3. The molecule has 16 heavy (non-hydrogen) atoms. The number of aryl methyl sites for hydroxylation is 1. The summed E-state index contributed by atoms with van der Waals surface area (Å²) in [6, 6.07) is 1.42. The van der Waals surface area contributed by atoms with Gasteiger partial charge in [-0.05, 0) is 0 Å². The maximum absolute atomic E-state index is 12.3. The lowest BCUT2D eigenvalue weighted by Crippen LogP contribution is -2.22. The molecule has 2 rings (SSSR count). The quantitative estimate of drug-likeness (QED) is 0.727. The van der Waals surface area contributed by atoms with Crippen LogP contribution in [0.4, 0.5) is 19.0 Å². The molecule has 1 aromatic heterocycles. The number of hydrazone groups is 1. The molecule has 0 saturated carbocycles. The van der Waals surface area contributed by atoms with Gasteiger partial charge in [0, 0.05) is 19.3 Å². The Morgan fingerprint density at radius 3 is 2.56 bits per heavy atom. The Hall–Kier alpha value is -1.86. The zero-order valence-corrected chi connectivity index (χ0v) is 8.19. The fraction of sp³-hybridized carbons (Fsp3) is 0.375. The van der Waals surface area contributed by atoms with E-state index in [1.165, 1.54) is 16.9 Å². The first-order valence-electron chi connectivity index (χ1n) is 4.35. The van der Waals surface area contributed by atoms with Gasteiger partial charge in [-0.2, -0.15) is 28.4 Å². The number of nitrogens with zero attached hydrogens (tertiary/aromatic N) is 4. The molecular weight excluding hydrogens is 225 g/mol. The third-order valence-electron chi connectivity index (χ3n) is 2.02. The van der Waals surface area contributed by atoms with Gasteiger partial charge in [-0.15, -0.1) is 0 Å². The third-order valence-corrected chi connectivity index (χ3v) is 2.02. The van der Waals surface area contributed by atoms with Crippen molar-refractivity contribution in [1.82, 2.24) is 9.78 Å². The number of aromatic nitrogens is 2. The van der Waals surface area contributed by atoms with Gasteiger partial charge in [-0.1, -0.05) is 0 Å². The zero-order chi connectivity index (χ0) is 11.9. The molecule has 0 saturated heterocycles. The van der Waals surface area contributed by atoms with E-state index >= 15 is 0 Å². The van der Waals surface area contributed by atoms with E-state index in [2.05, 4.69) is 10.2 Å². The Balaban J connectivity index is 2.30. The van der Waals surface area contributed by atoms with Crippen LogP contribution in [0, 0.1) is 0 Å². The summed E-state index contributed by atoms with van der Waals surface area (Å²) in [5, 5.41) is 7.70. The van der Waals surface area contributed by atoms with Crippen LogP contribution < -0.4 is 5.01 Å². The van der Waals surface area contributed by atoms with E-state index in [0.717, 1.165) is 0 Å². The van der Waals surface area contributed by atoms with Crippen molar-refractivity contribution in [1.29, 1.82) is 0 Å². The van der Waals surface area contributed by atoms with Gasteiger partial charge in [0.15, 0.2) is 11.5 Å². The molecule has 1 amide bonds. The van der Waals surface area contributed by atoms with Crippen molar-refractivity contribution in [2.24, 2.45) is 12.1 Å². The van der Waals surface area contributed by atoms with Crippen LogP contribution >= 0.6 is 0 Å². The number of alkyl halides is 3. The molecule has 1 aliphatic rings. The average molecular weight is 232 g/mol. The number of carbonyl (C=O) groups is 1. The zero-order valence-electron chi connectivity index (χ0n) is 8.19. The molecule has 0 spiro atoms. The topological polar surface area (TPSA) is 50.5 Å². The Morgan fingerprint density at radius 2 is 2.12 bits per heavy atom. The van der Waals surface area contributed by atoms with Crippen LogP contribution in [-0.2, 0) is 11.8 Å². The Labute approximate surface area is 88.1 Å². The van der Waals surface area contributed by atoms with E-state index in [9.17, 15) is 18.0 Å². The molecule has 0 bridgehead atoms. The van der Waals surface area contributed by atoms with Gasteiger partial charge < -0.3 is 0 Å². The molecule has 8 heteroatoms. The van der Waals surface area contributed by atoms with Gasteiger partial charge >= 0.3 is 6.18 Å². The maximum Gasteiger partial charge on any atom is 0.431 e. The molecule has 0 radical (unpaired) electrons. The second kappa shape index (κ2) is 3.32. The minimum Gasteiger partial charge on any atom is -0.274 e. The van der Waals surface area contributed by atoms with Crippen molar-refractivity contribution < 1.29 is 18.0 Å². The minimum atomic E-state index is -4.57. The molecule has 1 aliphatic heterocycles. The molecular formula is C8H7F3N4O. The highest BCUT2D eigenvalue weighted by Crippen LogP contribution is 2.26. The molecule has 0 aromatic carbocycles. The molecule has 0 atom stereocenters. The second-order valence-electron chi connectivity index (χ2n) is 3.27. The van der Waals surface area contributed by atoms with Crippen LogP contribution in [0.1, 0.15) is 6.42 Å². The average Bonchev–Trinajstić information content (AvgIpc) is 2.70. The molecule has 0 fully saturated rings. The molecule has 0 aliphatic carbocycles. The number of rotatable bonds is 1. The smallest absolute Gasteiger partial charge is 0.274 e. The van der Waals surface area contributed by atoms with E-state index in [4.69, 9.17) is 0 Å². The first kappa shape index (κ1) is 10.7. The first-order chi connectivity index (χ1) is 7.38. The highest BCUT2D eigenvalue weighted by molar-refractivity contribution is 6.14. The van der Waals surface area contributed by atoms with Crippen molar-refractivity contribution in [2.75, 3.05) is 5.01 Å². The standard InChI is InChI=1S/C8H7F3N4O/c1-14-3-2-6(13-14)15-7(16)4-5(12-15)8(9,10)11/h2-3H,4H2,1H3. The number of carbonyl (C=O) groups excluding carboxylic acids is 1. The predicted molar refractivity (Wildman–Crippen MR) is 48.8 cm³/mol. The Kier molecular flexibility index (Phi) is 2.21. The summed E-state index contributed by atoms with van der Waals surface area (Å²) in [5.74, 6) is -0.641. The van der Waals surface area contributed by atoms with Gasteiger partial charge in [0.05, 0.1) is 6.42 Å². The highest BCUT2D eigenvalue weighted by Gasteiger charge is 2.43. The van der Waals surface area contributed by atoms with E-state index < -0.39 is 24.2 Å². The molecule has 0 N–H and O–H groups in total. The largest absolute Gasteiger partial charge is 0.431 e. The number of hydrogen-bond donors (Lipinski definition) is 0. The fourth-order valence-electron chi connectivity index (χ4n) is 1.28. The van der Waals surface area contributed by atoms with Gasteiger partial charge in [0.25, 0.3) is 5.91 Å². The predicted octanol–water partition coefficient (Wildman–Crippen LogP) is 1.08. The summed E-state index contributed by atoms with van der Waals surface area (Å²) in [7, 11) is 1.60. The summed E-state index contributed by atoms with van der Waals surface area (Å²) >= 11 is 0. The van der Waals surface area contributed by atoms with Crippen molar-refractivity contribution in [3.8, 4) is 0 Å². The molecule has 1 aromatic rings. The minimum absolute atomic E-state index is 0.0896. The fourth-order valence-corrected chi connectivity index (χ4v) is 1.28. The van der Waals surface area contributed by atoms with Gasteiger partial charge in [0.1, 0.15) is 0 Å². The van der Waals surface area contributed by atoms with Gasteiger partial charge in [-0.25, -0.2) is 0 Å². The SMILES string of the molecule is Cn1ccc(N2N=C(C(F)(F)F)CC2=O)n1. The normalized spacial score (nSPS) is 16.9. The Bertz CT molecular complexity index is 462.